The van der Waals surface area contributed by atoms with Gasteiger partial charge >= 0.3 is 0 Å². The number of nitrogens with one attached hydrogen (secondary N) is 1. The van der Waals surface area contributed by atoms with Crippen LogP contribution in [0.4, 0.5) is 0 Å². The van der Waals surface area contributed by atoms with Crippen molar-refractivity contribution in [2.45, 2.75) is 39.3 Å². The highest BCUT2D eigenvalue weighted by Crippen LogP contribution is 2.26. The highest BCUT2D eigenvalue weighted by molar-refractivity contribution is 5.35. The number of hydrogen-bond donors (Lipinski definition) is 1. The first-order valence-electron chi connectivity index (χ1n) is 7.00. The minimum absolute atomic E-state index is 0.611. The van der Waals surface area contributed by atoms with Crippen LogP contribution in [0.15, 0.2) is 18.3 Å². The third-order valence-electron chi connectivity index (χ3n) is 3.62. The predicted octanol–water partition coefficient (Wildman–Crippen LogP) is 2.48. The molecular weight excluding hydrogens is 252 g/mol. The summed E-state index contributed by atoms with van der Waals surface area (Å²) in [6, 6.07) is 4.68. The smallest absolute Gasteiger partial charge is 0.219 e. The van der Waals surface area contributed by atoms with E-state index in [1.807, 2.05) is 37.8 Å². The van der Waals surface area contributed by atoms with Crippen LogP contribution in [0, 0.1) is 13.8 Å². The van der Waals surface area contributed by atoms with Gasteiger partial charge in [0.1, 0.15) is 5.69 Å². The van der Waals surface area contributed by atoms with Crippen LogP contribution in [0.3, 0.4) is 0 Å². The molecule has 106 valence electrons. The molecule has 2 aromatic heterocycles. The summed E-state index contributed by atoms with van der Waals surface area (Å²) in [6.45, 7) is 4.81. The van der Waals surface area contributed by atoms with Crippen LogP contribution in [0.5, 0.6) is 11.6 Å². The number of hydrogen-bond acceptors (Lipinski definition) is 4. The third kappa shape index (κ3) is 2.82. The van der Waals surface area contributed by atoms with E-state index in [9.17, 15) is 0 Å². The van der Waals surface area contributed by atoms with Crippen molar-refractivity contribution in [3.63, 3.8) is 0 Å². The summed E-state index contributed by atoms with van der Waals surface area (Å²) in [5.41, 5.74) is 3.07. The van der Waals surface area contributed by atoms with E-state index >= 15 is 0 Å². The zero-order chi connectivity index (χ0) is 14.1. The minimum Gasteiger partial charge on any atom is -0.435 e. The number of nitrogens with zero attached hydrogens (tertiary/aromatic N) is 3. The van der Waals surface area contributed by atoms with Gasteiger partial charge in [-0.15, -0.1) is 0 Å². The van der Waals surface area contributed by atoms with Gasteiger partial charge in [-0.25, -0.2) is 4.98 Å². The van der Waals surface area contributed by atoms with Gasteiger partial charge in [0.25, 0.3) is 0 Å². The Morgan fingerprint density at radius 1 is 1.35 bits per heavy atom. The molecule has 5 heteroatoms. The first-order chi connectivity index (χ1) is 9.63. The standard InChI is InChI=1S/C15H20N4O/c1-10-15(11(2)19(3)18-10)20-14-7-4-12(9-17-14)8-16-13-5-6-13/h4,7,9,13,16H,5-6,8H2,1-3H3. The molecule has 1 aliphatic rings. The molecule has 1 saturated carbocycles. The van der Waals surface area contributed by atoms with E-state index in [1.54, 1.807) is 0 Å². The Morgan fingerprint density at radius 3 is 2.70 bits per heavy atom. The second kappa shape index (κ2) is 5.25. The third-order valence-corrected chi connectivity index (χ3v) is 3.62. The maximum Gasteiger partial charge on any atom is 0.219 e. The highest BCUT2D eigenvalue weighted by Gasteiger charge is 2.20. The molecule has 1 fully saturated rings. The highest BCUT2D eigenvalue weighted by atomic mass is 16.5. The fourth-order valence-electron chi connectivity index (χ4n) is 2.13. The number of ether oxygens (including phenoxy) is 1. The second-order valence-electron chi connectivity index (χ2n) is 5.39. The van der Waals surface area contributed by atoms with Crippen LogP contribution in [-0.2, 0) is 13.6 Å². The lowest BCUT2D eigenvalue weighted by atomic mass is 10.3. The summed E-state index contributed by atoms with van der Waals surface area (Å²) in [7, 11) is 1.91. The van der Waals surface area contributed by atoms with Crippen molar-refractivity contribution >= 4 is 0 Å². The SMILES string of the molecule is Cc1nn(C)c(C)c1Oc1ccc(CNC2CC2)cn1. The largest absolute Gasteiger partial charge is 0.435 e. The zero-order valence-electron chi connectivity index (χ0n) is 12.2. The van der Waals surface area contributed by atoms with Crippen molar-refractivity contribution in [3.8, 4) is 11.6 Å². The van der Waals surface area contributed by atoms with Crippen LogP contribution < -0.4 is 10.1 Å². The Morgan fingerprint density at radius 2 is 2.15 bits per heavy atom. The van der Waals surface area contributed by atoms with Gasteiger partial charge in [0, 0.05) is 31.9 Å². The van der Waals surface area contributed by atoms with Crippen LogP contribution in [0.2, 0.25) is 0 Å². The van der Waals surface area contributed by atoms with Gasteiger partial charge in [-0.1, -0.05) is 6.07 Å². The fraction of sp³-hybridized carbons (Fsp3) is 0.467. The lowest BCUT2D eigenvalue weighted by Gasteiger charge is -2.06. The van der Waals surface area contributed by atoms with Crippen molar-refractivity contribution < 1.29 is 4.74 Å². The molecule has 2 aromatic rings. The summed E-state index contributed by atoms with van der Waals surface area (Å²) < 4.78 is 7.66. The van der Waals surface area contributed by atoms with Gasteiger partial charge in [0.2, 0.25) is 5.88 Å². The molecule has 0 amide bonds. The average Bonchev–Trinajstić information content (AvgIpc) is 3.23. The van der Waals surface area contributed by atoms with Crippen LogP contribution in [0.25, 0.3) is 0 Å². The molecule has 0 aliphatic heterocycles. The maximum absolute atomic E-state index is 5.84. The van der Waals surface area contributed by atoms with Crippen molar-refractivity contribution in [1.29, 1.82) is 0 Å². The summed E-state index contributed by atoms with van der Waals surface area (Å²) in [4.78, 5) is 4.36. The fourth-order valence-corrected chi connectivity index (χ4v) is 2.13. The summed E-state index contributed by atoms with van der Waals surface area (Å²) in [6.07, 6.45) is 4.47. The zero-order valence-corrected chi connectivity index (χ0v) is 12.2. The topological polar surface area (TPSA) is 52.0 Å². The average molecular weight is 272 g/mol. The van der Waals surface area contributed by atoms with E-state index in [2.05, 4.69) is 21.5 Å². The first-order valence-corrected chi connectivity index (χ1v) is 7.00. The molecule has 20 heavy (non-hydrogen) atoms. The Kier molecular flexibility index (Phi) is 3.44. The van der Waals surface area contributed by atoms with Crippen LogP contribution >= 0.6 is 0 Å². The summed E-state index contributed by atoms with van der Waals surface area (Å²) in [5, 5.41) is 7.80. The summed E-state index contributed by atoms with van der Waals surface area (Å²) in [5.74, 6) is 1.41. The minimum atomic E-state index is 0.611. The van der Waals surface area contributed by atoms with Crippen molar-refractivity contribution in [1.82, 2.24) is 20.1 Å². The van der Waals surface area contributed by atoms with Crippen molar-refractivity contribution in [2.75, 3.05) is 0 Å². The van der Waals surface area contributed by atoms with E-state index in [-0.39, 0.29) is 0 Å². The lowest BCUT2D eigenvalue weighted by molar-refractivity contribution is 0.454. The van der Waals surface area contributed by atoms with E-state index in [0.29, 0.717) is 11.9 Å². The van der Waals surface area contributed by atoms with Gasteiger partial charge in [-0.2, -0.15) is 5.10 Å². The Hall–Kier alpha value is -1.88. The monoisotopic (exact) mass is 272 g/mol. The molecular formula is C15H20N4O. The molecule has 1 N–H and O–H groups in total. The molecule has 2 heterocycles. The molecule has 0 saturated heterocycles. The van der Waals surface area contributed by atoms with E-state index < -0.39 is 0 Å². The first kappa shape index (κ1) is 13.1. The number of rotatable bonds is 5. The summed E-state index contributed by atoms with van der Waals surface area (Å²) >= 11 is 0. The molecule has 0 unspecified atom stereocenters. The Bertz CT molecular complexity index is 599. The van der Waals surface area contributed by atoms with Crippen LogP contribution in [0.1, 0.15) is 29.8 Å². The van der Waals surface area contributed by atoms with E-state index in [1.165, 1.54) is 18.4 Å². The molecule has 0 aromatic carbocycles. The van der Waals surface area contributed by atoms with Gasteiger partial charge in [0.15, 0.2) is 5.75 Å². The van der Waals surface area contributed by atoms with E-state index in [4.69, 9.17) is 4.74 Å². The van der Waals surface area contributed by atoms with Gasteiger partial charge in [0.05, 0.1) is 5.69 Å². The van der Waals surface area contributed by atoms with Gasteiger partial charge in [-0.3, -0.25) is 4.68 Å². The van der Waals surface area contributed by atoms with Crippen molar-refractivity contribution in [3.05, 3.63) is 35.3 Å². The molecule has 0 spiro atoms. The Labute approximate surface area is 119 Å². The second-order valence-corrected chi connectivity index (χ2v) is 5.39. The Balaban J connectivity index is 1.67. The molecule has 1 aliphatic carbocycles. The van der Waals surface area contributed by atoms with E-state index in [0.717, 1.165) is 23.7 Å². The quantitative estimate of drug-likeness (QED) is 0.908. The lowest BCUT2D eigenvalue weighted by Crippen LogP contribution is -2.15. The normalized spacial score (nSPS) is 14.6. The molecule has 0 atom stereocenters. The number of pyridine rings is 1. The maximum atomic E-state index is 5.84. The predicted molar refractivity (Wildman–Crippen MR) is 76.9 cm³/mol. The molecule has 0 radical (unpaired) electrons. The molecule has 0 bridgehead atoms. The van der Waals surface area contributed by atoms with Gasteiger partial charge < -0.3 is 10.1 Å². The number of aryl methyl sites for hydroxylation is 2. The molecule has 5 nitrogen and oxygen atoms in total. The number of aromatic nitrogens is 3. The van der Waals surface area contributed by atoms with Crippen LogP contribution in [-0.4, -0.2) is 20.8 Å². The molecule has 3 rings (SSSR count). The van der Waals surface area contributed by atoms with Gasteiger partial charge in [-0.05, 0) is 32.3 Å². The van der Waals surface area contributed by atoms with Crippen molar-refractivity contribution in [2.24, 2.45) is 7.05 Å².